The molecule has 0 atom stereocenters. The van der Waals surface area contributed by atoms with E-state index in [4.69, 9.17) is 0 Å². The minimum Gasteiger partial charge on any atom is -0.378 e. The van der Waals surface area contributed by atoms with Crippen molar-refractivity contribution in [2.75, 3.05) is 25.0 Å². The van der Waals surface area contributed by atoms with Crippen LogP contribution >= 0.6 is 0 Å². The van der Waals surface area contributed by atoms with Crippen molar-refractivity contribution >= 4 is 23.2 Å². The molecule has 0 saturated heterocycles. The van der Waals surface area contributed by atoms with Crippen molar-refractivity contribution in [3.8, 4) is 0 Å². The number of anilines is 1. The number of nitrogens with one attached hydrogen (secondary N) is 3. The summed E-state index contributed by atoms with van der Waals surface area (Å²) in [4.78, 5) is 35.1. The second kappa shape index (κ2) is 8.62. The lowest BCUT2D eigenvalue weighted by atomic mass is 9.49. The molecule has 1 aromatic carbocycles. The number of hydrogen-bond donors (Lipinski definition) is 3. The molecule has 0 unspecified atom stereocenters. The summed E-state index contributed by atoms with van der Waals surface area (Å²) in [5.41, 5.74) is 0.588. The molecule has 30 heavy (non-hydrogen) atoms. The van der Waals surface area contributed by atoms with Crippen LogP contribution in [-0.2, 0) is 9.59 Å². The van der Waals surface area contributed by atoms with Gasteiger partial charge in [0.25, 0.3) is 5.69 Å². The van der Waals surface area contributed by atoms with E-state index in [1.54, 1.807) is 18.2 Å². The van der Waals surface area contributed by atoms with Gasteiger partial charge in [-0.05, 0) is 67.8 Å². The summed E-state index contributed by atoms with van der Waals surface area (Å²) in [5.74, 6) is 2.14. The molecule has 8 nitrogen and oxygen atoms in total. The minimum atomic E-state index is -0.444. The van der Waals surface area contributed by atoms with Crippen molar-refractivity contribution in [2.24, 2.45) is 23.2 Å². The van der Waals surface area contributed by atoms with E-state index in [1.807, 2.05) is 0 Å². The van der Waals surface area contributed by atoms with Crippen molar-refractivity contribution in [3.05, 3.63) is 34.4 Å². The largest absolute Gasteiger partial charge is 0.378 e. The zero-order valence-electron chi connectivity index (χ0n) is 17.2. The van der Waals surface area contributed by atoms with Gasteiger partial charge in [0.15, 0.2) is 0 Å². The number of hydrogen-bond acceptors (Lipinski definition) is 5. The van der Waals surface area contributed by atoms with E-state index in [9.17, 15) is 19.7 Å². The molecule has 0 heterocycles. The van der Waals surface area contributed by atoms with Crippen molar-refractivity contribution in [2.45, 2.75) is 44.9 Å². The lowest BCUT2D eigenvalue weighted by molar-refractivity contribution is -0.384. The third kappa shape index (κ3) is 4.74. The standard InChI is InChI=1S/C22H30N4O4/c27-20(13-22-10-15-7-16(11-22)9-17(8-15)12-22)25-14-21(28)24-6-5-23-18-3-1-2-4-19(18)26(29)30/h1-4,15-17,23H,5-14H2,(H,24,28)(H,25,27). The van der Waals surface area contributed by atoms with E-state index in [2.05, 4.69) is 16.0 Å². The molecular weight excluding hydrogens is 384 g/mol. The maximum absolute atomic E-state index is 12.5. The molecule has 0 radical (unpaired) electrons. The molecule has 4 aliphatic rings. The average molecular weight is 415 g/mol. The van der Waals surface area contributed by atoms with Gasteiger partial charge < -0.3 is 16.0 Å². The van der Waals surface area contributed by atoms with E-state index in [0.29, 0.717) is 25.2 Å². The SMILES string of the molecule is O=C(CNC(=O)CC12CC3CC(CC(C3)C1)C2)NCCNc1ccccc1[N+](=O)[O-]. The Balaban J connectivity index is 1.15. The normalized spacial score (nSPS) is 28.7. The molecule has 162 valence electrons. The van der Waals surface area contributed by atoms with Gasteiger partial charge in [0.1, 0.15) is 5.69 Å². The van der Waals surface area contributed by atoms with Crippen LogP contribution in [0.5, 0.6) is 0 Å². The second-order valence-corrected chi connectivity index (χ2v) is 9.42. The minimum absolute atomic E-state index is 0.000709. The lowest BCUT2D eigenvalue weighted by Crippen LogP contribution is -2.48. The Hall–Kier alpha value is -2.64. The molecule has 5 rings (SSSR count). The molecule has 2 amide bonds. The zero-order chi connectivity index (χ0) is 21.1. The van der Waals surface area contributed by atoms with Crippen LogP contribution in [0.1, 0.15) is 44.9 Å². The monoisotopic (exact) mass is 414 g/mol. The highest BCUT2D eigenvalue weighted by Gasteiger charge is 2.51. The van der Waals surface area contributed by atoms with Crippen molar-refractivity contribution in [1.82, 2.24) is 10.6 Å². The van der Waals surface area contributed by atoms with Crippen LogP contribution in [-0.4, -0.2) is 36.4 Å². The van der Waals surface area contributed by atoms with Gasteiger partial charge in [-0.15, -0.1) is 0 Å². The van der Waals surface area contributed by atoms with E-state index in [1.165, 1.54) is 44.6 Å². The highest BCUT2D eigenvalue weighted by Crippen LogP contribution is 2.61. The van der Waals surface area contributed by atoms with Crippen LogP contribution in [0.3, 0.4) is 0 Å². The predicted octanol–water partition coefficient (Wildman–Crippen LogP) is 2.85. The zero-order valence-corrected chi connectivity index (χ0v) is 17.2. The van der Waals surface area contributed by atoms with Crippen LogP contribution in [0.25, 0.3) is 0 Å². The molecule has 0 aromatic heterocycles. The number of carbonyl (C=O) groups is 2. The number of para-hydroxylation sites is 2. The van der Waals surface area contributed by atoms with E-state index < -0.39 is 4.92 Å². The fourth-order valence-corrected chi connectivity index (χ4v) is 6.33. The van der Waals surface area contributed by atoms with Crippen LogP contribution in [0, 0.1) is 33.3 Å². The summed E-state index contributed by atoms with van der Waals surface area (Å²) in [7, 11) is 0. The molecule has 4 aliphatic carbocycles. The summed E-state index contributed by atoms with van der Waals surface area (Å²) < 4.78 is 0. The molecular formula is C22H30N4O4. The first-order valence-electron chi connectivity index (χ1n) is 10.9. The average Bonchev–Trinajstić information content (AvgIpc) is 2.68. The third-order valence-corrected chi connectivity index (χ3v) is 7.01. The van der Waals surface area contributed by atoms with Gasteiger partial charge in [-0.25, -0.2) is 0 Å². The van der Waals surface area contributed by atoms with Gasteiger partial charge in [0, 0.05) is 25.6 Å². The first kappa shape index (κ1) is 20.6. The number of nitrogens with zero attached hydrogens (tertiary/aromatic N) is 1. The topological polar surface area (TPSA) is 113 Å². The smallest absolute Gasteiger partial charge is 0.292 e. The summed E-state index contributed by atoms with van der Waals surface area (Å²) in [6, 6.07) is 6.38. The number of nitro benzene ring substituents is 1. The summed E-state index contributed by atoms with van der Waals surface area (Å²) >= 11 is 0. The van der Waals surface area contributed by atoms with Gasteiger partial charge >= 0.3 is 0 Å². The van der Waals surface area contributed by atoms with Gasteiger partial charge in [0.05, 0.1) is 11.5 Å². The molecule has 4 bridgehead atoms. The molecule has 1 aromatic rings. The third-order valence-electron chi connectivity index (χ3n) is 7.01. The van der Waals surface area contributed by atoms with E-state index in [0.717, 1.165) is 17.8 Å². The molecule has 0 aliphatic heterocycles. The Morgan fingerprint density at radius 3 is 2.23 bits per heavy atom. The Morgan fingerprint density at radius 2 is 1.60 bits per heavy atom. The van der Waals surface area contributed by atoms with Crippen molar-refractivity contribution in [1.29, 1.82) is 0 Å². The van der Waals surface area contributed by atoms with Gasteiger partial charge in [-0.2, -0.15) is 0 Å². The van der Waals surface area contributed by atoms with Crippen LogP contribution in [0.15, 0.2) is 24.3 Å². The van der Waals surface area contributed by atoms with Gasteiger partial charge in [-0.3, -0.25) is 19.7 Å². The maximum Gasteiger partial charge on any atom is 0.292 e. The lowest BCUT2D eigenvalue weighted by Gasteiger charge is -2.56. The molecule has 0 spiro atoms. The Morgan fingerprint density at radius 1 is 0.967 bits per heavy atom. The van der Waals surface area contributed by atoms with Gasteiger partial charge in [0.2, 0.25) is 11.8 Å². The van der Waals surface area contributed by atoms with E-state index in [-0.39, 0.29) is 29.5 Å². The van der Waals surface area contributed by atoms with Crippen LogP contribution in [0.4, 0.5) is 11.4 Å². The summed E-state index contributed by atoms with van der Waals surface area (Å²) in [6.45, 7) is 0.643. The predicted molar refractivity (Wildman–Crippen MR) is 113 cm³/mol. The molecule has 8 heteroatoms. The Kier molecular flexibility index (Phi) is 5.92. The van der Waals surface area contributed by atoms with Crippen molar-refractivity contribution < 1.29 is 14.5 Å². The highest BCUT2D eigenvalue weighted by atomic mass is 16.6. The Bertz CT molecular complexity index is 790. The van der Waals surface area contributed by atoms with Crippen LogP contribution in [0.2, 0.25) is 0 Å². The second-order valence-electron chi connectivity index (χ2n) is 9.42. The number of carbonyl (C=O) groups excluding carboxylic acids is 2. The quantitative estimate of drug-likeness (QED) is 0.327. The number of rotatable bonds is 9. The maximum atomic E-state index is 12.5. The fraction of sp³-hybridized carbons (Fsp3) is 0.636. The first-order valence-corrected chi connectivity index (χ1v) is 10.9. The summed E-state index contributed by atoms with van der Waals surface area (Å²) in [5, 5.41) is 19.5. The molecule has 4 saturated carbocycles. The Labute approximate surface area is 176 Å². The molecule has 3 N–H and O–H groups in total. The fourth-order valence-electron chi connectivity index (χ4n) is 6.33. The highest BCUT2D eigenvalue weighted by molar-refractivity contribution is 5.85. The van der Waals surface area contributed by atoms with Crippen LogP contribution < -0.4 is 16.0 Å². The van der Waals surface area contributed by atoms with E-state index >= 15 is 0 Å². The number of benzene rings is 1. The van der Waals surface area contributed by atoms with Gasteiger partial charge in [-0.1, -0.05) is 12.1 Å². The number of amides is 2. The van der Waals surface area contributed by atoms with Crippen molar-refractivity contribution in [3.63, 3.8) is 0 Å². The molecule has 4 fully saturated rings. The summed E-state index contributed by atoms with van der Waals surface area (Å²) in [6.07, 6.45) is 8.13. The first-order chi connectivity index (χ1) is 14.4. The number of nitro groups is 1.